The maximum Gasteiger partial charge on any atom is 0.0995 e. The first kappa shape index (κ1) is 14.8. The molecule has 3 rings (SSSR count). The molecule has 0 spiro atoms. The van der Waals surface area contributed by atoms with Gasteiger partial charge in [-0.25, -0.2) is 0 Å². The number of benzene rings is 1. The molecule has 0 unspecified atom stereocenters. The van der Waals surface area contributed by atoms with Crippen molar-refractivity contribution in [3.05, 3.63) is 52.8 Å². The second-order valence-electron chi connectivity index (χ2n) is 5.79. The lowest BCUT2D eigenvalue weighted by atomic mass is 10.1. The number of hydrogen-bond acceptors (Lipinski definition) is 4. The molecule has 0 radical (unpaired) electrons. The Labute approximate surface area is 130 Å². The number of aliphatic hydroxyl groups excluding tert-OH is 1. The first-order valence-corrected chi connectivity index (χ1v) is 7.62. The lowest BCUT2D eigenvalue weighted by Gasteiger charge is -2.20. The summed E-state index contributed by atoms with van der Waals surface area (Å²) in [7, 11) is 0. The predicted octanol–water partition coefficient (Wildman–Crippen LogP) is 2.21. The highest BCUT2D eigenvalue weighted by atomic mass is 16.3. The summed E-state index contributed by atoms with van der Waals surface area (Å²) in [5.41, 5.74) is 3.66. The van der Waals surface area contributed by atoms with Gasteiger partial charge in [0, 0.05) is 26.2 Å². The fourth-order valence-corrected chi connectivity index (χ4v) is 2.90. The third kappa shape index (κ3) is 3.03. The summed E-state index contributed by atoms with van der Waals surface area (Å²) in [6, 6.07) is 12.0. The zero-order chi connectivity index (χ0) is 15.5. The van der Waals surface area contributed by atoms with Crippen molar-refractivity contribution in [2.45, 2.75) is 39.1 Å². The highest BCUT2D eigenvalue weighted by Crippen LogP contribution is 2.20. The van der Waals surface area contributed by atoms with E-state index in [1.807, 2.05) is 35.0 Å². The molecule has 0 saturated heterocycles. The standard InChI is InChI=1S/C17H20N4O/c1-13(22)17-9-16-12-20(7-4-8-21(16)19-17)11-15-6-3-2-5-14(15)10-18/h2-3,5-6,9,13,22H,4,7-8,11-12H2,1H3/t13-/m1/s1. The molecule has 22 heavy (non-hydrogen) atoms. The van der Waals surface area contributed by atoms with Gasteiger partial charge in [-0.1, -0.05) is 18.2 Å². The zero-order valence-electron chi connectivity index (χ0n) is 12.7. The van der Waals surface area contributed by atoms with Crippen LogP contribution in [0.15, 0.2) is 30.3 Å². The molecule has 1 N–H and O–H groups in total. The average Bonchev–Trinajstić information content (AvgIpc) is 2.82. The van der Waals surface area contributed by atoms with Crippen molar-refractivity contribution in [1.29, 1.82) is 5.26 Å². The number of rotatable bonds is 3. The van der Waals surface area contributed by atoms with E-state index in [0.717, 1.165) is 55.1 Å². The van der Waals surface area contributed by atoms with Gasteiger partial charge in [0.1, 0.15) is 0 Å². The van der Waals surface area contributed by atoms with Crippen LogP contribution >= 0.6 is 0 Å². The molecule has 1 aromatic heterocycles. The van der Waals surface area contributed by atoms with E-state index in [0.29, 0.717) is 0 Å². The monoisotopic (exact) mass is 296 g/mol. The van der Waals surface area contributed by atoms with E-state index >= 15 is 0 Å². The van der Waals surface area contributed by atoms with Crippen LogP contribution in [0.25, 0.3) is 0 Å². The van der Waals surface area contributed by atoms with Crippen LogP contribution in [0.2, 0.25) is 0 Å². The van der Waals surface area contributed by atoms with Crippen molar-refractivity contribution >= 4 is 0 Å². The highest BCUT2D eigenvalue weighted by Gasteiger charge is 2.18. The Morgan fingerprint density at radius 1 is 1.36 bits per heavy atom. The second-order valence-corrected chi connectivity index (χ2v) is 5.79. The normalized spacial score (nSPS) is 16.6. The average molecular weight is 296 g/mol. The first-order valence-electron chi connectivity index (χ1n) is 7.62. The molecule has 5 heteroatoms. The smallest absolute Gasteiger partial charge is 0.0995 e. The maximum absolute atomic E-state index is 9.69. The van der Waals surface area contributed by atoms with E-state index in [1.165, 1.54) is 0 Å². The molecule has 2 heterocycles. The van der Waals surface area contributed by atoms with Crippen LogP contribution in [0.1, 0.15) is 42.0 Å². The summed E-state index contributed by atoms with van der Waals surface area (Å²) in [5, 5.41) is 23.4. The van der Waals surface area contributed by atoms with Crippen molar-refractivity contribution in [3.63, 3.8) is 0 Å². The summed E-state index contributed by atoms with van der Waals surface area (Å²) < 4.78 is 2.00. The van der Waals surface area contributed by atoms with Crippen LogP contribution in [-0.4, -0.2) is 26.3 Å². The van der Waals surface area contributed by atoms with Gasteiger partial charge in [-0.15, -0.1) is 0 Å². The van der Waals surface area contributed by atoms with Crippen molar-refractivity contribution in [1.82, 2.24) is 14.7 Å². The number of aryl methyl sites for hydroxylation is 1. The number of nitriles is 1. The quantitative estimate of drug-likeness (QED) is 0.943. The topological polar surface area (TPSA) is 65.1 Å². The van der Waals surface area contributed by atoms with Crippen LogP contribution < -0.4 is 0 Å². The Hall–Kier alpha value is -2.16. The minimum absolute atomic E-state index is 0.535. The van der Waals surface area contributed by atoms with Gasteiger partial charge >= 0.3 is 0 Å². The number of fused-ring (bicyclic) bond motifs is 1. The number of aliphatic hydroxyl groups is 1. The minimum atomic E-state index is -0.535. The third-order valence-electron chi connectivity index (χ3n) is 4.07. The van der Waals surface area contributed by atoms with Gasteiger partial charge < -0.3 is 5.11 Å². The lowest BCUT2D eigenvalue weighted by Crippen LogP contribution is -2.23. The fraction of sp³-hybridized carbons (Fsp3) is 0.412. The summed E-state index contributed by atoms with van der Waals surface area (Å²) in [4.78, 5) is 2.34. The van der Waals surface area contributed by atoms with E-state index in [9.17, 15) is 10.4 Å². The zero-order valence-corrected chi connectivity index (χ0v) is 12.7. The van der Waals surface area contributed by atoms with E-state index in [2.05, 4.69) is 16.1 Å². The molecule has 0 aliphatic carbocycles. The molecule has 0 amide bonds. The van der Waals surface area contributed by atoms with Crippen LogP contribution in [0.5, 0.6) is 0 Å². The van der Waals surface area contributed by atoms with Crippen LogP contribution in [0, 0.1) is 11.3 Å². The Morgan fingerprint density at radius 3 is 2.95 bits per heavy atom. The van der Waals surface area contributed by atoms with Crippen LogP contribution in [0.4, 0.5) is 0 Å². The molecule has 5 nitrogen and oxygen atoms in total. The van der Waals surface area contributed by atoms with Gasteiger partial charge in [-0.3, -0.25) is 9.58 Å². The van der Waals surface area contributed by atoms with E-state index in [-0.39, 0.29) is 0 Å². The molecule has 1 atom stereocenters. The molecule has 1 aliphatic rings. The van der Waals surface area contributed by atoms with Crippen LogP contribution in [0.3, 0.4) is 0 Å². The Morgan fingerprint density at radius 2 is 2.18 bits per heavy atom. The largest absolute Gasteiger partial charge is 0.387 e. The molecule has 0 saturated carbocycles. The van der Waals surface area contributed by atoms with E-state index in [1.54, 1.807) is 6.92 Å². The fourth-order valence-electron chi connectivity index (χ4n) is 2.90. The van der Waals surface area contributed by atoms with Gasteiger partial charge in [0.25, 0.3) is 0 Å². The Balaban J connectivity index is 1.79. The Kier molecular flexibility index (Phi) is 4.23. The summed E-state index contributed by atoms with van der Waals surface area (Å²) in [5.74, 6) is 0. The molecule has 1 aliphatic heterocycles. The summed E-state index contributed by atoms with van der Waals surface area (Å²) in [6.07, 6.45) is 0.482. The Bertz CT molecular complexity index is 699. The summed E-state index contributed by atoms with van der Waals surface area (Å²) in [6.45, 7) is 5.15. The molecule has 0 bridgehead atoms. The van der Waals surface area contributed by atoms with Gasteiger partial charge in [0.15, 0.2) is 0 Å². The molecule has 2 aromatic rings. The second kappa shape index (κ2) is 6.30. The minimum Gasteiger partial charge on any atom is -0.387 e. The molecular formula is C17H20N4O. The van der Waals surface area contributed by atoms with Crippen molar-refractivity contribution < 1.29 is 5.11 Å². The van der Waals surface area contributed by atoms with Gasteiger partial charge in [0.2, 0.25) is 0 Å². The SMILES string of the molecule is C[C@@H](O)c1cc2n(n1)CCCN(Cc1ccccc1C#N)C2. The van der Waals surface area contributed by atoms with Gasteiger partial charge in [-0.2, -0.15) is 10.4 Å². The van der Waals surface area contributed by atoms with Crippen molar-refractivity contribution in [2.75, 3.05) is 6.54 Å². The molecule has 0 fully saturated rings. The first-order chi connectivity index (χ1) is 10.7. The van der Waals surface area contributed by atoms with Crippen molar-refractivity contribution in [2.24, 2.45) is 0 Å². The molecular weight excluding hydrogens is 276 g/mol. The predicted molar refractivity (Wildman–Crippen MR) is 82.7 cm³/mol. The van der Waals surface area contributed by atoms with Gasteiger partial charge in [-0.05, 0) is 31.0 Å². The lowest BCUT2D eigenvalue weighted by molar-refractivity contribution is 0.193. The summed E-state index contributed by atoms with van der Waals surface area (Å²) >= 11 is 0. The van der Waals surface area contributed by atoms with Crippen molar-refractivity contribution in [3.8, 4) is 6.07 Å². The van der Waals surface area contributed by atoms with Gasteiger partial charge in [0.05, 0.1) is 29.1 Å². The van der Waals surface area contributed by atoms with Crippen LogP contribution in [-0.2, 0) is 19.6 Å². The highest BCUT2D eigenvalue weighted by molar-refractivity contribution is 5.37. The number of aromatic nitrogens is 2. The molecule has 1 aromatic carbocycles. The third-order valence-corrected chi connectivity index (χ3v) is 4.07. The molecule has 114 valence electrons. The van der Waals surface area contributed by atoms with E-state index in [4.69, 9.17) is 0 Å². The maximum atomic E-state index is 9.69. The number of hydrogen-bond donors (Lipinski definition) is 1. The number of nitrogens with zero attached hydrogens (tertiary/aromatic N) is 4. The van der Waals surface area contributed by atoms with E-state index < -0.39 is 6.10 Å².